The van der Waals surface area contributed by atoms with Crippen molar-refractivity contribution in [1.82, 2.24) is 9.38 Å². The minimum absolute atomic E-state index is 0.603. The van der Waals surface area contributed by atoms with Crippen LogP contribution >= 0.6 is 11.6 Å². The number of benzene rings is 1. The second kappa shape index (κ2) is 5.17. The van der Waals surface area contributed by atoms with Crippen molar-refractivity contribution in [3.63, 3.8) is 0 Å². The molecule has 0 saturated carbocycles. The van der Waals surface area contributed by atoms with Gasteiger partial charge in [-0.15, -0.1) is 0 Å². The van der Waals surface area contributed by atoms with E-state index < -0.39 is 6.10 Å². The second-order valence-electron chi connectivity index (χ2n) is 5.42. The molecule has 1 atom stereocenters. The highest BCUT2D eigenvalue weighted by Crippen LogP contribution is 2.31. The van der Waals surface area contributed by atoms with Gasteiger partial charge in [-0.1, -0.05) is 17.7 Å². The zero-order chi connectivity index (χ0) is 15.1. The number of imidazole rings is 1. The molecule has 0 amide bonds. The molecule has 0 aliphatic heterocycles. The molecule has 0 aliphatic rings. The van der Waals surface area contributed by atoms with Crippen LogP contribution in [-0.2, 0) is 0 Å². The van der Waals surface area contributed by atoms with Crippen LogP contribution in [0.25, 0.3) is 16.9 Å². The van der Waals surface area contributed by atoms with Crippen molar-refractivity contribution in [1.29, 1.82) is 0 Å². The second-order valence-corrected chi connectivity index (χ2v) is 5.83. The van der Waals surface area contributed by atoms with Crippen LogP contribution in [0.2, 0.25) is 5.02 Å². The number of halogens is 1. The van der Waals surface area contributed by atoms with E-state index in [0.29, 0.717) is 0 Å². The standard InChI is InChI=1S/C17H17ClN2O/c1-10-6-7-20-15(8-10)19-16(17(20)12(3)21)13-4-5-14(18)11(2)9-13/h4-9,12,21H,1-3H3. The molecule has 4 heteroatoms. The first kappa shape index (κ1) is 14.1. The highest BCUT2D eigenvalue weighted by molar-refractivity contribution is 6.31. The number of aliphatic hydroxyl groups excluding tert-OH is 1. The van der Waals surface area contributed by atoms with Gasteiger partial charge in [-0.25, -0.2) is 4.98 Å². The number of aromatic nitrogens is 2. The number of nitrogens with zero attached hydrogens (tertiary/aromatic N) is 2. The highest BCUT2D eigenvalue weighted by Gasteiger charge is 2.18. The molecule has 2 heterocycles. The highest BCUT2D eigenvalue weighted by atomic mass is 35.5. The number of aliphatic hydroxyl groups is 1. The van der Waals surface area contributed by atoms with E-state index in [1.807, 2.05) is 54.8 Å². The van der Waals surface area contributed by atoms with E-state index in [9.17, 15) is 5.11 Å². The minimum Gasteiger partial charge on any atom is -0.387 e. The SMILES string of the molecule is Cc1ccn2c(C(C)O)c(-c3ccc(Cl)c(C)c3)nc2c1. The molecule has 1 N–H and O–H groups in total. The van der Waals surface area contributed by atoms with Crippen molar-refractivity contribution in [2.24, 2.45) is 0 Å². The quantitative estimate of drug-likeness (QED) is 0.765. The molecule has 108 valence electrons. The molecule has 0 saturated heterocycles. The molecule has 0 bridgehead atoms. The van der Waals surface area contributed by atoms with Crippen LogP contribution in [0, 0.1) is 13.8 Å². The molecule has 0 radical (unpaired) electrons. The van der Waals surface area contributed by atoms with Gasteiger partial charge >= 0.3 is 0 Å². The number of rotatable bonds is 2. The molecule has 3 rings (SSSR count). The van der Waals surface area contributed by atoms with Gasteiger partial charge in [-0.2, -0.15) is 0 Å². The number of fused-ring (bicyclic) bond motifs is 1. The van der Waals surface area contributed by atoms with Gasteiger partial charge < -0.3 is 9.51 Å². The first-order valence-electron chi connectivity index (χ1n) is 6.90. The number of pyridine rings is 1. The maximum absolute atomic E-state index is 10.2. The van der Waals surface area contributed by atoms with Crippen molar-refractivity contribution in [3.8, 4) is 11.3 Å². The van der Waals surface area contributed by atoms with E-state index in [-0.39, 0.29) is 0 Å². The van der Waals surface area contributed by atoms with Crippen molar-refractivity contribution < 1.29 is 5.11 Å². The fourth-order valence-electron chi connectivity index (χ4n) is 2.57. The first-order valence-corrected chi connectivity index (χ1v) is 7.28. The third-order valence-corrected chi connectivity index (χ3v) is 4.07. The summed E-state index contributed by atoms with van der Waals surface area (Å²) in [5, 5.41) is 10.9. The van der Waals surface area contributed by atoms with E-state index in [2.05, 4.69) is 0 Å². The van der Waals surface area contributed by atoms with Gasteiger partial charge in [0.15, 0.2) is 0 Å². The Balaban J connectivity index is 2.30. The normalized spacial score (nSPS) is 12.8. The molecule has 0 aliphatic carbocycles. The average Bonchev–Trinajstić information content (AvgIpc) is 2.80. The van der Waals surface area contributed by atoms with Crippen LogP contribution in [0.4, 0.5) is 0 Å². The van der Waals surface area contributed by atoms with Crippen molar-refractivity contribution in [2.75, 3.05) is 0 Å². The fourth-order valence-corrected chi connectivity index (χ4v) is 2.69. The topological polar surface area (TPSA) is 37.5 Å². The van der Waals surface area contributed by atoms with Crippen LogP contribution in [0.1, 0.15) is 29.8 Å². The van der Waals surface area contributed by atoms with E-state index >= 15 is 0 Å². The Morgan fingerprint density at radius 3 is 2.62 bits per heavy atom. The third kappa shape index (κ3) is 2.43. The lowest BCUT2D eigenvalue weighted by Crippen LogP contribution is -1.99. The zero-order valence-corrected chi connectivity index (χ0v) is 13.0. The van der Waals surface area contributed by atoms with Gasteiger partial charge in [-0.05, 0) is 56.2 Å². The Labute approximate surface area is 128 Å². The van der Waals surface area contributed by atoms with Crippen molar-refractivity contribution in [2.45, 2.75) is 26.9 Å². The van der Waals surface area contributed by atoms with Gasteiger partial charge in [0.2, 0.25) is 0 Å². The summed E-state index contributed by atoms with van der Waals surface area (Å²) >= 11 is 6.09. The predicted molar refractivity (Wildman–Crippen MR) is 85.7 cm³/mol. The molecular formula is C17H17ClN2O. The van der Waals surface area contributed by atoms with Gasteiger partial charge in [0.25, 0.3) is 0 Å². The van der Waals surface area contributed by atoms with Crippen LogP contribution < -0.4 is 0 Å². The monoisotopic (exact) mass is 300 g/mol. The van der Waals surface area contributed by atoms with Crippen LogP contribution in [0.5, 0.6) is 0 Å². The third-order valence-electron chi connectivity index (χ3n) is 3.65. The molecule has 1 aromatic carbocycles. The van der Waals surface area contributed by atoms with E-state index in [1.54, 1.807) is 6.92 Å². The maximum atomic E-state index is 10.2. The summed E-state index contributed by atoms with van der Waals surface area (Å²) in [5.74, 6) is 0. The molecule has 3 aromatic rings. The van der Waals surface area contributed by atoms with Gasteiger partial charge in [-0.3, -0.25) is 0 Å². The summed E-state index contributed by atoms with van der Waals surface area (Å²) in [6.07, 6.45) is 1.35. The largest absolute Gasteiger partial charge is 0.387 e. The Hall–Kier alpha value is -1.84. The molecular weight excluding hydrogens is 284 g/mol. The lowest BCUT2D eigenvalue weighted by molar-refractivity contribution is 0.194. The Bertz CT molecular complexity index is 821. The van der Waals surface area contributed by atoms with Crippen LogP contribution in [-0.4, -0.2) is 14.5 Å². The van der Waals surface area contributed by atoms with Crippen LogP contribution in [0.3, 0.4) is 0 Å². The summed E-state index contributed by atoms with van der Waals surface area (Å²) in [5.41, 5.74) is 5.55. The van der Waals surface area contributed by atoms with Gasteiger partial charge in [0.1, 0.15) is 5.65 Å². The summed E-state index contributed by atoms with van der Waals surface area (Å²) in [6.45, 7) is 5.76. The van der Waals surface area contributed by atoms with Gasteiger partial charge in [0, 0.05) is 16.8 Å². The molecule has 2 aromatic heterocycles. The Morgan fingerprint density at radius 1 is 1.19 bits per heavy atom. The summed E-state index contributed by atoms with van der Waals surface area (Å²) in [7, 11) is 0. The average molecular weight is 301 g/mol. The zero-order valence-electron chi connectivity index (χ0n) is 12.3. The number of hydrogen-bond acceptors (Lipinski definition) is 2. The molecule has 0 fully saturated rings. The molecule has 1 unspecified atom stereocenters. The minimum atomic E-state index is -0.603. The van der Waals surface area contributed by atoms with E-state index in [1.165, 1.54) is 0 Å². The molecule has 0 spiro atoms. The lowest BCUT2D eigenvalue weighted by atomic mass is 10.1. The van der Waals surface area contributed by atoms with Crippen molar-refractivity contribution in [3.05, 3.63) is 58.4 Å². The summed E-state index contributed by atoms with van der Waals surface area (Å²) < 4.78 is 1.94. The molecule has 3 nitrogen and oxygen atoms in total. The Kier molecular flexibility index (Phi) is 3.47. The van der Waals surface area contributed by atoms with Gasteiger partial charge in [0.05, 0.1) is 17.5 Å². The fraction of sp³-hybridized carbons (Fsp3) is 0.235. The number of aryl methyl sites for hydroxylation is 2. The summed E-state index contributed by atoms with van der Waals surface area (Å²) in [4.78, 5) is 4.70. The van der Waals surface area contributed by atoms with Crippen molar-refractivity contribution >= 4 is 17.2 Å². The number of hydrogen-bond donors (Lipinski definition) is 1. The van der Waals surface area contributed by atoms with E-state index in [4.69, 9.17) is 16.6 Å². The first-order chi connectivity index (χ1) is 9.97. The predicted octanol–water partition coefficient (Wildman–Crippen LogP) is 4.32. The smallest absolute Gasteiger partial charge is 0.138 e. The summed E-state index contributed by atoms with van der Waals surface area (Å²) in [6, 6.07) is 9.83. The lowest BCUT2D eigenvalue weighted by Gasteiger charge is -2.09. The van der Waals surface area contributed by atoms with Crippen LogP contribution in [0.15, 0.2) is 36.5 Å². The molecule has 21 heavy (non-hydrogen) atoms. The van der Waals surface area contributed by atoms with E-state index in [0.717, 1.165) is 38.7 Å². The maximum Gasteiger partial charge on any atom is 0.138 e. The Morgan fingerprint density at radius 2 is 1.95 bits per heavy atom.